The van der Waals surface area contributed by atoms with E-state index in [0.717, 1.165) is 54.0 Å². The van der Waals surface area contributed by atoms with Crippen LogP contribution in [0.4, 0.5) is 0 Å². The van der Waals surface area contributed by atoms with Crippen molar-refractivity contribution in [2.45, 2.75) is 19.3 Å². The molecule has 0 saturated carbocycles. The topological polar surface area (TPSA) is 43.7 Å². The van der Waals surface area contributed by atoms with Gasteiger partial charge in [-0.1, -0.05) is 24.4 Å². The van der Waals surface area contributed by atoms with Crippen LogP contribution in [0.3, 0.4) is 0 Å². The maximum Gasteiger partial charge on any atom is 0.157 e. The van der Waals surface area contributed by atoms with Crippen LogP contribution in [0.25, 0.3) is 0 Å². The molecule has 1 aromatic rings. The van der Waals surface area contributed by atoms with Gasteiger partial charge in [-0.3, -0.25) is 0 Å². The molecule has 1 aliphatic heterocycles. The van der Waals surface area contributed by atoms with Gasteiger partial charge in [0.1, 0.15) is 0 Å². The number of rotatable bonds is 1. The molecular formula is C16H17NO2S. The average Bonchev–Trinajstić information content (AvgIpc) is 2.63. The molecule has 3 rings (SSSR count). The lowest BCUT2D eigenvalue weighted by Crippen LogP contribution is -2.30. The number of nitrogens with zero attached hydrogens (tertiary/aromatic N) is 1. The third-order valence-corrected chi connectivity index (χ3v) is 4.29. The molecule has 0 spiro atoms. The van der Waals surface area contributed by atoms with E-state index in [-0.39, 0.29) is 11.5 Å². The van der Waals surface area contributed by atoms with Gasteiger partial charge in [0, 0.05) is 24.4 Å². The number of phenolic OH excluding ortho intramolecular Hbond substituents is 2. The number of aromatic hydroxyl groups is 2. The molecular weight excluding hydrogens is 270 g/mol. The van der Waals surface area contributed by atoms with E-state index in [1.807, 2.05) is 0 Å². The Balaban J connectivity index is 1.84. The highest BCUT2D eigenvalue weighted by Gasteiger charge is 2.20. The van der Waals surface area contributed by atoms with Crippen molar-refractivity contribution in [3.63, 3.8) is 0 Å². The standard InChI is InChI=1S/C16H17NO2S/c18-14-9-11-5-7-17(8-6-12(11)10-15(14)19)13-3-1-2-4-16(13)20/h1-3,9-10,18-19H,4-8H2. The van der Waals surface area contributed by atoms with E-state index in [4.69, 9.17) is 12.2 Å². The Kier molecular flexibility index (Phi) is 3.49. The first-order valence-electron chi connectivity index (χ1n) is 6.84. The second-order valence-corrected chi connectivity index (χ2v) is 5.70. The Morgan fingerprint density at radius 2 is 1.60 bits per heavy atom. The minimum Gasteiger partial charge on any atom is -0.504 e. The predicted octanol–water partition coefficient (Wildman–Crippen LogP) is 2.71. The first-order valence-corrected chi connectivity index (χ1v) is 7.24. The molecule has 1 aromatic carbocycles. The summed E-state index contributed by atoms with van der Waals surface area (Å²) >= 11 is 5.44. The number of phenols is 2. The number of thiocarbonyl (C=S) groups is 1. The minimum absolute atomic E-state index is 0.0347. The highest BCUT2D eigenvalue weighted by atomic mass is 32.1. The first kappa shape index (κ1) is 13.2. The Hall–Kier alpha value is -1.81. The molecule has 1 aliphatic carbocycles. The Morgan fingerprint density at radius 3 is 2.15 bits per heavy atom. The summed E-state index contributed by atoms with van der Waals surface area (Å²) in [6.07, 6.45) is 8.76. The van der Waals surface area contributed by atoms with Gasteiger partial charge in [0.2, 0.25) is 0 Å². The van der Waals surface area contributed by atoms with Crippen molar-refractivity contribution in [2.75, 3.05) is 13.1 Å². The summed E-state index contributed by atoms with van der Waals surface area (Å²) in [6.45, 7) is 1.77. The average molecular weight is 287 g/mol. The van der Waals surface area contributed by atoms with Crippen molar-refractivity contribution in [1.29, 1.82) is 0 Å². The number of allylic oxidation sites excluding steroid dienone is 4. The summed E-state index contributed by atoms with van der Waals surface area (Å²) in [6, 6.07) is 3.36. The normalized spacial score (nSPS) is 18.5. The van der Waals surface area contributed by atoms with Crippen LogP contribution < -0.4 is 0 Å². The fourth-order valence-corrected chi connectivity index (χ4v) is 3.10. The lowest BCUT2D eigenvalue weighted by atomic mass is 10.0. The lowest BCUT2D eigenvalue weighted by molar-refractivity contribution is 0.378. The fourth-order valence-electron chi connectivity index (χ4n) is 2.81. The van der Waals surface area contributed by atoms with Crippen LogP contribution in [-0.2, 0) is 12.8 Å². The molecule has 104 valence electrons. The van der Waals surface area contributed by atoms with Crippen molar-refractivity contribution >= 4 is 17.1 Å². The van der Waals surface area contributed by atoms with Crippen molar-refractivity contribution in [3.05, 3.63) is 47.2 Å². The zero-order valence-corrected chi connectivity index (χ0v) is 12.0. The third kappa shape index (κ3) is 2.43. The van der Waals surface area contributed by atoms with E-state index < -0.39 is 0 Å². The van der Waals surface area contributed by atoms with Gasteiger partial charge < -0.3 is 15.1 Å². The van der Waals surface area contributed by atoms with Crippen LogP contribution in [0.15, 0.2) is 36.1 Å². The van der Waals surface area contributed by atoms with Gasteiger partial charge in [-0.15, -0.1) is 0 Å². The molecule has 0 radical (unpaired) electrons. The zero-order valence-electron chi connectivity index (χ0n) is 11.2. The van der Waals surface area contributed by atoms with Crippen LogP contribution in [0, 0.1) is 0 Å². The number of hydrogen-bond acceptors (Lipinski definition) is 4. The highest BCUT2D eigenvalue weighted by molar-refractivity contribution is 7.80. The Bertz CT molecular complexity index is 586. The van der Waals surface area contributed by atoms with Crippen LogP contribution in [-0.4, -0.2) is 33.1 Å². The molecule has 0 unspecified atom stereocenters. The van der Waals surface area contributed by atoms with Crippen LogP contribution >= 0.6 is 12.2 Å². The first-order chi connectivity index (χ1) is 9.65. The molecule has 0 saturated heterocycles. The number of hydrogen-bond donors (Lipinski definition) is 2. The largest absolute Gasteiger partial charge is 0.504 e. The molecule has 2 aliphatic rings. The van der Waals surface area contributed by atoms with Crippen molar-refractivity contribution < 1.29 is 10.2 Å². The van der Waals surface area contributed by atoms with Crippen molar-refractivity contribution in [2.24, 2.45) is 0 Å². The van der Waals surface area contributed by atoms with Crippen LogP contribution in [0.5, 0.6) is 11.5 Å². The molecule has 20 heavy (non-hydrogen) atoms. The van der Waals surface area contributed by atoms with Crippen molar-refractivity contribution in [3.8, 4) is 11.5 Å². The fraction of sp³-hybridized carbons (Fsp3) is 0.312. The molecule has 0 aromatic heterocycles. The molecule has 3 nitrogen and oxygen atoms in total. The molecule has 4 heteroatoms. The maximum absolute atomic E-state index is 9.62. The van der Waals surface area contributed by atoms with E-state index in [0.29, 0.717) is 0 Å². The van der Waals surface area contributed by atoms with Gasteiger partial charge in [-0.2, -0.15) is 0 Å². The second kappa shape index (κ2) is 5.29. The molecule has 2 N–H and O–H groups in total. The van der Waals surface area contributed by atoms with E-state index >= 15 is 0 Å². The second-order valence-electron chi connectivity index (χ2n) is 5.20. The third-order valence-electron chi connectivity index (χ3n) is 3.92. The maximum atomic E-state index is 9.62. The van der Waals surface area contributed by atoms with E-state index in [9.17, 15) is 10.2 Å². The lowest BCUT2D eigenvalue weighted by Gasteiger charge is -2.27. The van der Waals surface area contributed by atoms with E-state index in [1.165, 1.54) is 0 Å². The van der Waals surface area contributed by atoms with Crippen LogP contribution in [0.2, 0.25) is 0 Å². The quantitative estimate of drug-likeness (QED) is 0.616. The molecule has 0 atom stereocenters. The Labute approximate surface area is 123 Å². The summed E-state index contributed by atoms with van der Waals surface area (Å²) in [4.78, 5) is 3.30. The van der Waals surface area contributed by atoms with E-state index in [2.05, 4.69) is 23.1 Å². The predicted molar refractivity (Wildman–Crippen MR) is 83.2 cm³/mol. The number of benzene rings is 1. The smallest absolute Gasteiger partial charge is 0.157 e. The minimum atomic E-state index is -0.0347. The van der Waals surface area contributed by atoms with Gasteiger partial charge in [-0.25, -0.2) is 0 Å². The summed E-state index contributed by atoms with van der Waals surface area (Å²) in [5.74, 6) is -0.0694. The van der Waals surface area contributed by atoms with Crippen LogP contribution in [0.1, 0.15) is 17.5 Å². The monoisotopic (exact) mass is 287 g/mol. The number of fused-ring (bicyclic) bond motifs is 1. The zero-order chi connectivity index (χ0) is 14.1. The van der Waals surface area contributed by atoms with Gasteiger partial charge in [-0.05, 0) is 42.2 Å². The summed E-state index contributed by atoms with van der Waals surface area (Å²) in [7, 11) is 0. The Morgan fingerprint density at radius 1 is 1.00 bits per heavy atom. The van der Waals surface area contributed by atoms with Gasteiger partial charge >= 0.3 is 0 Å². The molecule has 0 bridgehead atoms. The molecule has 1 heterocycles. The summed E-state index contributed by atoms with van der Waals surface area (Å²) < 4.78 is 0. The molecule has 0 fully saturated rings. The summed E-state index contributed by atoms with van der Waals surface area (Å²) in [5.41, 5.74) is 3.37. The SMILES string of the molecule is Oc1cc2c(cc1O)CCN(C1=CC=CCC1=S)CC2. The van der Waals surface area contributed by atoms with Gasteiger partial charge in [0.25, 0.3) is 0 Å². The van der Waals surface area contributed by atoms with Gasteiger partial charge in [0.05, 0.1) is 5.70 Å². The molecule has 0 amide bonds. The summed E-state index contributed by atoms with van der Waals surface area (Å²) in [5, 5.41) is 19.2. The highest BCUT2D eigenvalue weighted by Crippen LogP contribution is 2.31. The van der Waals surface area contributed by atoms with Crippen molar-refractivity contribution in [1.82, 2.24) is 4.90 Å². The van der Waals surface area contributed by atoms with Gasteiger partial charge in [0.15, 0.2) is 11.5 Å². The van der Waals surface area contributed by atoms with E-state index in [1.54, 1.807) is 12.1 Å².